The van der Waals surface area contributed by atoms with Crippen LogP contribution in [0.2, 0.25) is 0 Å². The number of benzene rings is 1. The molecular weight excluding hydrogens is 338 g/mol. The second kappa shape index (κ2) is 5.29. The Balaban J connectivity index is 2.37. The standard InChI is InChI=1S/C11H10BrNO3S2/c1-16-10-5-3-2-4-9(10)13-18(14,15)11-8(12)6-7-17-11/h2-7,13H,1H3. The number of methoxy groups -OCH3 is 1. The molecule has 0 saturated heterocycles. The van der Waals surface area contributed by atoms with Crippen molar-refractivity contribution in [2.24, 2.45) is 0 Å². The highest BCUT2D eigenvalue weighted by molar-refractivity contribution is 9.10. The number of nitrogens with one attached hydrogen (secondary N) is 1. The molecule has 0 spiro atoms. The Kier molecular flexibility index (Phi) is 3.94. The van der Waals surface area contributed by atoms with Gasteiger partial charge in [-0.15, -0.1) is 11.3 Å². The Hall–Kier alpha value is -1.05. The monoisotopic (exact) mass is 347 g/mol. The predicted molar refractivity (Wildman–Crippen MR) is 75.8 cm³/mol. The SMILES string of the molecule is COc1ccccc1NS(=O)(=O)c1sccc1Br. The van der Waals surface area contributed by atoms with Gasteiger partial charge >= 0.3 is 0 Å². The van der Waals surface area contributed by atoms with Crippen molar-refractivity contribution in [3.8, 4) is 5.75 Å². The Bertz CT molecular complexity index is 652. The van der Waals surface area contributed by atoms with Crippen LogP contribution in [0.5, 0.6) is 5.75 Å². The first-order valence-electron chi connectivity index (χ1n) is 4.93. The second-order valence-electron chi connectivity index (χ2n) is 3.36. The van der Waals surface area contributed by atoms with Gasteiger partial charge in [-0.2, -0.15) is 0 Å². The third-order valence-corrected chi connectivity index (χ3v) is 6.22. The molecule has 1 N–H and O–H groups in total. The van der Waals surface area contributed by atoms with Crippen LogP contribution in [0.25, 0.3) is 0 Å². The highest BCUT2D eigenvalue weighted by Crippen LogP contribution is 2.31. The molecule has 0 radical (unpaired) electrons. The molecule has 0 aliphatic rings. The Labute approximate surface area is 118 Å². The molecule has 7 heteroatoms. The molecule has 0 aliphatic heterocycles. The summed E-state index contributed by atoms with van der Waals surface area (Å²) in [6.07, 6.45) is 0. The number of hydrogen-bond acceptors (Lipinski definition) is 4. The van der Waals surface area contributed by atoms with Gasteiger partial charge in [0.05, 0.1) is 12.8 Å². The molecule has 0 fully saturated rings. The van der Waals surface area contributed by atoms with Gasteiger partial charge in [0, 0.05) is 4.47 Å². The second-order valence-corrected chi connectivity index (χ2v) is 7.01. The van der Waals surface area contributed by atoms with E-state index in [2.05, 4.69) is 20.7 Å². The highest BCUT2D eigenvalue weighted by atomic mass is 79.9. The number of hydrogen-bond donors (Lipinski definition) is 1. The molecule has 1 aromatic carbocycles. The number of thiophene rings is 1. The third-order valence-electron chi connectivity index (χ3n) is 2.18. The molecule has 96 valence electrons. The summed E-state index contributed by atoms with van der Waals surface area (Å²) in [4.78, 5) is 0. The summed E-state index contributed by atoms with van der Waals surface area (Å²) in [5.41, 5.74) is 0.417. The van der Waals surface area contributed by atoms with Crippen LogP contribution in [0.1, 0.15) is 0 Å². The van der Waals surface area contributed by atoms with Crippen molar-refractivity contribution >= 4 is 43.0 Å². The first-order valence-corrected chi connectivity index (χ1v) is 8.09. The summed E-state index contributed by atoms with van der Waals surface area (Å²) < 4.78 is 32.7. The van der Waals surface area contributed by atoms with E-state index in [0.717, 1.165) is 11.3 Å². The zero-order chi connectivity index (χ0) is 13.2. The van der Waals surface area contributed by atoms with Crippen molar-refractivity contribution in [2.75, 3.05) is 11.8 Å². The van der Waals surface area contributed by atoms with Gasteiger partial charge in [-0.1, -0.05) is 12.1 Å². The number of sulfonamides is 1. The minimum Gasteiger partial charge on any atom is -0.495 e. The number of anilines is 1. The smallest absolute Gasteiger partial charge is 0.272 e. The molecule has 0 saturated carbocycles. The van der Waals surface area contributed by atoms with E-state index in [-0.39, 0.29) is 4.21 Å². The van der Waals surface area contributed by atoms with Gasteiger partial charge in [-0.25, -0.2) is 8.42 Å². The molecule has 2 aromatic rings. The van der Waals surface area contributed by atoms with E-state index >= 15 is 0 Å². The van der Waals surface area contributed by atoms with Crippen molar-refractivity contribution in [2.45, 2.75) is 4.21 Å². The molecule has 4 nitrogen and oxygen atoms in total. The maximum Gasteiger partial charge on any atom is 0.272 e. The van der Waals surface area contributed by atoms with E-state index in [9.17, 15) is 8.42 Å². The van der Waals surface area contributed by atoms with Crippen LogP contribution in [0.3, 0.4) is 0 Å². The summed E-state index contributed by atoms with van der Waals surface area (Å²) in [5.74, 6) is 0.480. The van der Waals surface area contributed by atoms with E-state index in [1.54, 1.807) is 35.7 Å². The van der Waals surface area contributed by atoms with E-state index in [4.69, 9.17) is 4.74 Å². The van der Waals surface area contributed by atoms with Gasteiger partial charge < -0.3 is 4.74 Å². The van der Waals surface area contributed by atoms with Crippen LogP contribution in [0.15, 0.2) is 44.4 Å². The van der Waals surface area contributed by atoms with Gasteiger partial charge in [0.1, 0.15) is 5.75 Å². The molecular formula is C11H10BrNO3S2. The van der Waals surface area contributed by atoms with Crippen LogP contribution in [-0.2, 0) is 10.0 Å². The molecule has 0 atom stereocenters. The lowest BCUT2D eigenvalue weighted by Gasteiger charge is -2.10. The fourth-order valence-corrected chi connectivity index (χ4v) is 4.80. The Morgan fingerprint density at radius 3 is 2.61 bits per heavy atom. The van der Waals surface area contributed by atoms with E-state index < -0.39 is 10.0 Å². The van der Waals surface area contributed by atoms with Crippen LogP contribution >= 0.6 is 27.3 Å². The maximum absolute atomic E-state index is 12.2. The van der Waals surface area contributed by atoms with Crippen molar-refractivity contribution in [1.82, 2.24) is 0 Å². The van der Waals surface area contributed by atoms with Crippen LogP contribution < -0.4 is 9.46 Å². The first kappa shape index (κ1) is 13.4. The molecule has 18 heavy (non-hydrogen) atoms. The largest absolute Gasteiger partial charge is 0.495 e. The highest BCUT2D eigenvalue weighted by Gasteiger charge is 2.20. The maximum atomic E-state index is 12.2. The van der Waals surface area contributed by atoms with Gasteiger partial charge in [0.25, 0.3) is 10.0 Å². The van der Waals surface area contributed by atoms with Crippen molar-refractivity contribution in [1.29, 1.82) is 0 Å². The Morgan fingerprint density at radius 2 is 2.00 bits per heavy atom. The number of rotatable bonds is 4. The average Bonchev–Trinajstić information content (AvgIpc) is 2.76. The lowest BCUT2D eigenvalue weighted by Crippen LogP contribution is -2.12. The van der Waals surface area contributed by atoms with Crippen molar-refractivity contribution < 1.29 is 13.2 Å². The lowest BCUT2D eigenvalue weighted by atomic mass is 10.3. The quantitative estimate of drug-likeness (QED) is 0.922. The number of ether oxygens (including phenoxy) is 1. The van der Waals surface area contributed by atoms with Crippen molar-refractivity contribution in [3.05, 3.63) is 40.2 Å². The van der Waals surface area contributed by atoms with E-state index in [1.807, 2.05) is 0 Å². The molecule has 0 unspecified atom stereocenters. The number of halogens is 1. The van der Waals surface area contributed by atoms with Crippen molar-refractivity contribution in [3.63, 3.8) is 0 Å². The topological polar surface area (TPSA) is 55.4 Å². The summed E-state index contributed by atoms with van der Waals surface area (Å²) in [5, 5.41) is 1.71. The molecule has 2 rings (SSSR count). The zero-order valence-electron chi connectivity index (χ0n) is 9.38. The van der Waals surface area contributed by atoms with Gasteiger partial charge in [-0.3, -0.25) is 4.72 Å². The van der Waals surface area contributed by atoms with Crippen LogP contribution in [0, 0.1) is 0 Å². The molecule has 0 aliphatic carbocycles. The minimum absolute atomic E-state index is 0.244. The van der Waals surface area contributed by atoms with Gasteiger partial charge in [0.15, 0.2) is 4.21 Å². The fraction of sp³-hybridized carbons (Fsp3) is 0.0909. The minimum atomic E-state index is -3.59. The van der Waals surface area contributed by atoms with E-state index in [0.29, 0.717) is 15.9 Å². The van der Waals surface area contributed by atoms with Gasteiger partial charge in [0.2, 0.25) is 0 Å². The molecule has 0 bridgehead atoms. The Morgan fingerprint density at radius 1 is 1.28 bits per heavy atom. The zero-order valence-corrected chi connectivity index (χ0v) is 12.6. The number of para-hydroxylation sites is 2. The molecule has 0 amide bonds. The summed E-state index contributed by atoms with van der Waals surface area (Å²) >= 11 is 4.36. The van der Waals surface area contributed by atoms with Crippen LogP contribution in [0.4, 0.5) is 5.69 Å². The third kappa shape index (κ3) is 2.68. The fourth-order valence-electron chi connectivity index (χ4n) is 1.39. The average molecular weight is 348 g/mol. The first-order chi connectivity index (χ1) is 8.54. The predicted octanol–water partition coefficient (Wildman–Crippen LogP) is 3.32. The summed E-state index contributed by atoms with van der Waals surface area (Å²) in [7, 11) is -2.10. The summed E-state index contributed by atoms with van der Waals surface area (Å²) in [6.45, 7) is 0. The molecule has 1 heterocycles. The normalized spacial score (nSPS) is 11.2. The van der Waals surface area contributed by atoms with E-state index in [1.165, 1.54) is 7.11 Å². The lowest BCUT2D eigenvalue weighted by molar-refractivity contribution is 0.417. The van der Waals surface area contributed by atoms with Gasteiger partial charge in [-0.05, 0) is 39.5 Å². The molecule has 1 aromatic heterocycles. The van der Waals surface area contributed by atoms with Crippen LogP contribution in [-0.4, -0.2) is 15.5 Å². The summed E-state index contributed by atoms with van der Waals surface area (Å²) in [6, 6.07) is 8.56.